The van der Waals surface area contributed by atoms with Crippen molar-refractivity contribution >= 4 is 11.9 Å². The molecular formula is C42H66O15. The number of aliphatic hydroxyl groups excluding tert-OH is 7. The Balaban J connectivity index is 1.16. The highest BCUT2D eigenvalue weighted by molar-refractivity contribution is 5.80. The van der Waals surface area contributed by atoms with Gasteiger partial charge in [0, 0.05) is 5.41 Å². The second-order valence-electron chi connectivity index (χ2n) is 19.9. The Hall–Kier alpha value is -1.76. The molecule has 19 atom stereocenters. The quantitative estimate of drug-likeness (QED) is 0.0988. The van der Waals surface area contributed by atoms with Crippen LogP contribution in [-0.4, -0.2) is 141 Å². The van der Waals surface area contributed by atoms with Crippen molar-refractivity contribution in [1.82, 2.24) is 0 Å². The standard InChI is InChI=1S/C42H66O15/c1-37(36(52)53-6)13-15-42(35(50)51)16-14-40(4)21(22(42)17-37)7-8-26-38(2)11-10-27(39(3,20-44)25(38)9-12-41(26,40)5)56-34-32(28(46)23(45)19-54-34)57-33-31(49)30(48)29(47)24(18-43)55-33/h7,22-34,43-49H,8-20H2,1-6H3,(H,50,51)/t22-,23+,24+,25+,26+,27-,28-,29+,30-,31+,32+,33-,34-,37-,38-,39-,40+,41+,42-/m0/s1. The molecule has 8 N–H and O–H groups in total. The average molecular weight is 811 g/mol. The highest BCUT2D eigenvalue weighted by Crippen LogP contribution is 2.76. The van der Waals surface area contributed by atoms with E-state index in [1.807, 2.05) is 13.8 Å². The van der Waals surface area contributed by atoms with Crippen LogP contribution in [0.4, 0.5) is 0 Å². The van der Waals surface area contributed by atoms with E-state index in [9.17, 15) is 50.4 Å². The molecule has 2 heterocycles. The maximum absolute atomic E-state index is 13.2. The zero-order valence-corrected chi connectivity index (χ0v) is 34.2. The smallest absolute Gasteiger partial charge is 0.311 e. The lowest BCUT2D eigenvalue weighted by Gasteiger charge is -2.71. The monoisotopic (exact) mass is 810 g/mol. The van der Waals surface area contributed by atoms with Crippen molar-refractivity contribution in [3.63, 3.8) is 0 Å². The van der Waals surface area contributed by atoms with Crippen molar-refractivity contribution in [3.05, 3.63) is 11.6 Å². The zero-order chi connectivity index (χ0) is 41.7. The van der Waals surface area contributed by atoms with E-state index in [1.165, 1.54) is 12.7 Å². The molecule has 0 bridgehead atoms. The summed E-state index contributed by atoms with van der Waals surface area (Å²) in [4.78, 5) is 26.3. The van der Waals surface area contributed by atoms with Crippen LogP contribution in [0.3, 0.4) is 0 Å². The molecule has 0 unspecified atom stereocenters. The number of hydrogen-bond acceptors (Lipinski definition) is 14. The molecular weight excluding hydrogens is 744 g/mol. The minimum atomic E-state index is -1.75. The molecule has 4 saturated carbocycles. The summed E-state index contributed by atoms with van der Waals surface area (Å²) in [5.41, 5.74) is -2.07. The summed E-state index contributed by atoms with van der Waals surface area (Å²) < 4.78 is 29.3. The molecule has 7 aliphatic rings. The van der Waals surface area contributed by atoms with E-state index in [0.717, 1.165) is 32.1 Å². The van der Waals surface area contributed by atoms with Crippen molar-refractivity contribution < 1.29 is 74.1 Å². The first kappa shape index (κ1) is 43.3. The molecule has 6 fully saturated rings. The number of esters is 1. The number of methoxy groups -OCH3 is 1. The number of fused-ring (bicyclic) bond motifs is 7. The van der Waals surface area contributed by atoms with Crippen LogP contribution in [0.25, 0.3) is 0 Å². The van der Waals surface area contributed by atoms with Crippen LogP contribution < -0.4 is 0 Å². The van der Waals surface area contributed by atoms with Crippen LogP contribution in [0.1, 0.15) is 98.8 Å². The second-order valence-corrected chi connectivity index (χ2v) is 19.9. The zero-order valence-electron chi connectivity index (χ0n) is 34.2. The number of aliphatic hydroxyl groups is 7. The van der Waals surface area contributed by atoms with E-state index >= 15 is 0 Å². The van der Waals surface area contributed by atoms with Crippen LogP contribution in [0.15, 0.2) is 11.6 Å². The number of hydrogen-bond donors (Lipinski definition) is 8. The van der Waals surface area contributed by atoms with Gasteiger partial charge in [-0.1, -0.05) is 39.3 Å². The number of carbonyl (C=O) groups excluding carboxylic acids is 1. The third-order valence-corrected chi connectivity index (χ3v) is 17.5. The molecule has 0 aromatic carbocycles. The normalized spacial score (nSPS) is 53.6. The van der Waals surface area contributed by atoms with E-state index in [0.29, 0.717) is 32.1 Å². The fourth-order valence-electron chi connectivity index (χ4n) is 13.6. The van der Waals surface area contributed by atoms with Crippen LogP contribution >= 0.6 is 0 Å². The largest absolute Gasteiger partial charge is 0.481 e. The lowest BCUT2D eigenvalue weighted by atomic mass is 9.33. The first-order valence-corrected chi connectivity index (χ1v) is 20.9. The van der Waals surface area contributed by atoms with Crippen LogP contribution in [0.5, 0.6) is 0 Å². The van der Waals surface area contributed by atoms with Gasteiger partial charge in [-0.05, 0) is 105 Å². The van der Waals surface area contributed by atoms with Gasteiger partial charge < -0.3 is 64.5 Å². The molecule has 2 saturated heterocycles. The first-order chi connectivity index (χ1) is 26.7. The molecule has 7 rings (SSSR count). The molecule has 15 heteroatoms. The highest BCUT2D eigenvalue weighted by Gasteiger charge is 2.70. The summed E-state index contributed by atoms with van der Waals surface area (Å²) in [6.07, 6.45) is -5.58. The number of ether oxygens (including phenoxy) is 5. The van der Waals surface area contributed by atoms with Gasteiger partial charge in [-0.15, -0.1) is 0 Å². The molecule has 0 radical (unpaired) electrons. The predicted octanol–water partition coefficient (Wildman–Crippen LogP) is 1.65. The van der Waals surface area contributed by atoms with E-state index in [4.69, 9.17) is 23.7 Å². The van der Waals surface area contributed by atoms with Crippen molar-refractivity contribution in [1.29, 1.82) is 0 Å². The van der Waals surface area contributed by atoms with Gasteiger partial charge >= 0.3 is 11.9 Å². The minimum Gasteiger partial charge on any atom is -0.481 e. The molecule has 5 aliphatic carbocycles. The minimum absolute atomic E-state index is 0.00621. The van der Waals surface area contributed by atoms with Crippen molar-refractivity contribution in [2.45, 2.75) is 160 Å². The fraction of sp³-hybridized carbons (Fsp3) is 0.905. The molecule has 57 heavy (non-hydrogen) atoms. The van der Waals surface area contributed by atoms with E-state index in [-0.39, 0.29) is 53.2 Å². The van der Waals surface area contributed by atoms with Crippen LogP contribution in [-0.2, 0) is 33.3 Å². The molecule has 2 aliphatic heterocycles. The van der Waals surface area contributed by atoms with Gasteiger partial charge in [-0.3, -0.25) is 9.59 Å². The van der Waals surface area contributed by atoms with Crippen LogP contribution in [0.2, 0.25) is 0 Å². The van der Waals surface area contributed by atoms with E-state index < -0.39 is 90.2 Å². The molecule has 15 nitrogen and oxygen atoms in total. The molecule has 0 aromatic heterocycles. The Morgan fingerprint density at radius 2 is 1.53 bits per heavy atom. The average Bonchev–Trinajstić information content (AvgIpc) is 3.18. The maximum atomic E-state index is 13.2. The SMILES string of the molecule is COC(=O)[C@@]1(C)CC[C@]2(C(=O)O)CC[C@]3(C)C(=CC[C@@H]4[C@@]5(C)CC[C@H](O[C@@H]6OC[C@@H](O)[C@H](O)[C@H]6O[C@@H]6O[C@H](CO)[C@@H](O)[C@H](O)[C@H]6O)[C@@](C)(CO)[C@@H]5CC[C@]43C)[C@@H]2C1. The van der Waals surface area contributed by atoms with E-state index in [1.54, 1.807) is 0 Å². The van der Waals surface area contributed by atoms with Crippen molar-refractivity contribution in [3.8, 4) is 0 Å². The lowest BCUT2D eigenvalue weighted by molar-refractivity contribution is -0.368. The van der Waals surface area contributed by atoms with E-state index in [2.05, 4.69) is 26.8 Å². The van der Waals surface area contributed by atoms with Crippen molar-refractivity contribution in [2.24, 2.45) is 50.2 Å². The van der Waals surface area contributed by atoms with Gasteiger partial charge in [0.2, 0.25) is 0 Å². The number of allylic oxidation sites excluding steroid dienone is 2. The summed E-state index contributed by atoms with van der Waals surface area (Å²) in [5.74, 6) is -1.17. The third-order valence-electron chi connectivity index (χ3n) is 17.5. The number of carbonyl (C=O) groups is 2. The molecule has 0 aromatic rings. The highest BCUT2D eigenvalue weighted by atomic mass is 16.8. The Bertz CT molecular complexity index is 1570. The number of carboxylic acids is 1. The fourth-order valence-corrected chi connectivity index (χ4v) is 13.6. The summed E-state index contributed by atoms with van der Waals surface area (Å²) in [6, 6.07) is 0. The Kier molecular flexibility index (Phi) is 11.4. The third kappa shape index (κ3) is 6.30. The second kappa shape index (κ2) is 15.0. The van der Waals surface area contributed by atoms with Gasteiger partial charge in [0.1, 0.15) is 42.7 Å². The summed E-state index contributed by atoms with van der Waals surface area (Å²) in [7, 11) is 1.40. The van der Waals surface area contributed by atoms with Crippen molar-refractivity contribution in [2.75, 3.05) is 26.9 Å². The predicted molar refractivity (Wildman–Crippen MR) is 200 cm³/mol. The Morgan fingerprint density at radius 1 is 0.825 bits per heavy atom. The van der Waals surface area contributed by atoms with Crippen LogP contribution in [0, 0.1) is 50.2 Å². The van der Waals surface area contributed by atoms with Gasteiger partial charge in [0.25, 0.3) is 0 Å². The summed E-state index contributed by atoms with van der Waals surface area (Å²) in [6.45, 7) is 9.80. The molecule has 324 valence electrons. The topological polar surface area (TPSA) is 242 Å². The summed E-state index contributed by atoms with van der Waals surface area (Å²) in [5, 5.41) is 84.8. The Labute approximate surface area is 334 Å². The number of carboxylic acid groups (broad SMARTS) is 1. The number of rotatable bonds is 8. The van der Waals surface area contributed by atoms with Gasteiger partial charge in [-0.2, -0.15) is 0 Å². The van der Waals surface area contributed by atoms with Gasteiger partial charge in [-0.25, -0.2) is 0 Å². The van der Waals surface area contributed by atoms with Gasteiger partial charge in [0.15, 0.2) is 12.6 Å². The Morgan fingerprint density at radius 3 is 2.18 bits per heavy atom. The maximum Gasteiger partial charge on any atom is 0.311 e. The first-order valence-electron chi connectivity index (χ1n) is 20.9. The summed E-state index contributed by atoms with van der Waals surface area (Å²) >= 11 is 0. The van der Waals surface area contributed by atoms with Gasteiger partial charge in [0.05, 0.1) is 43.9 Å². The number of aliphatic carboxylic acids is 1. The lowest BCUT2D eigenvalue weighted by Crippen LogP contribution is -2.67. The molecule has 0 spiro atoms. The molecule has 0 amide bonds.